The van der Waals surface area contributed by atoms with Crippen LogP contribution in [0.3, 0.4) is 0 Å². The summed E-state index contributed by atoms with van der Waals surface area (Å²) in [5, 5.41) is 8.57. The van der Waals surface area contributed by atoms with E-state index in [1.54, 1.807) is 23.7 Å². The van der Waals surface area contributed by atoms with Crippen molar-refractivity contribution in [3.63, 3.8) is 0 Å². The predicted octanol–water partition coefficient (Wildman–Crippen LogP) is 4.42. The highest BCUT2D eigenvalue weighted by atomic mass is 16.5. The van der Waals surface area contributed by atoms with Gasteiger partial charge in [0.2, 0.25) is 0 Å². The second-order valence-corrected chi connectivity index (χ2v) is 8.47. The van der Waals surface area contributed by atoms with Gasteiger partial charge < -0.3 is 4.90 Å². The summed E-state index contributed by atoms with van der Waals surface area (Å²) in [5.74, 6) is -0.660. The Morgan fingerprint density at radius 2 is 1.46 bits per heavy atom. The minimum atomic E-state index is -0.598. The number of hydroxylamine groups is 1. The fourth-order valence-corrected chi connectivity index (χ4v) is 4.08. The molecule has 0 aromatic heterocycles. The molecular formula is C29H29N3O3. The lowest BCUT2D eigenvalue weighted by Crippen LogP contribution is -2.45. The summed E-state index contributed by atoms with van der Waals surface area (Å²) in [5.41, 5.74) is 6.31. The fourth-order valence-electron chi connectivity index (χ4n) is 4.08. The van der Waals surface area contributed by atoms with Gasteiger partial charge in [0.1, 0.15) is 0 Å². The molecule has 3 aromatic carbocycles. The summed E-state index contributed by atoms with van der Waals surface area (Å²) in [6.45, 7) is 4.92. The van der Waals surface area contributed by atoms with Crippen LogP contribution in [0.4, 0.5) is 5.69 Å². The van der Waals surface area contributed by atoms with E-state index in [0.29, 0.717) is 5.56 Å². The van der Waals surface area contributed by atoms with Crippen molar-refractivity contribution < 1.29 is 14.8 Å². The smallest absolute Gasteiger partial charge is 0.267 e. The number of nitrogens with one attached hydrogen (secondary N) is 1. The number of carbonyl (C=O) groups excluding carboxylic acids is 2. The Morgan fingerprint density at radius 3 is 2.11 bits per heavy atom. The van der Waals surface area contributed by atoms with Crippen molar-refractivity contribution in [2.24, 2.45) is 0 Å². The maximum atomic E-state index is 12.6. The van der Waals surface area contributed by atoms with Gasteiger partial charge in [-0.15, -0.1) is 0 Å². The SMILES string of the molecule is O=C(/C=C/c1cccc(/C=C/C(=O)c2ccc(CN3CCN(c4ccccc4)CC3)cc2)c1)NO. The van der Waals surface area contributed by atoms with Crippen molar-refractivity contribution in [3.8, 4) is 0 Å². The van der Waals surface area contributed by atoms with Crippen molar-refractivity contribution in [1.82, 2.24) is 10.4 Å². The van der Waals surface area contributed by atoms with Gasteiger partial charge in [0.25, 0.3) is 5.91 Å². The number of ketones is 1. The number of rotatable bonds is 8. The number of anilines is 1. The molecule has 1 fully saturated rings. The minimum absolute atomic E-state index is 0.0615. The van der Waals surface area contributed by atoms with Crippen LogP contribution in [0.2, 0.25) is 0 Å². The molecule has 0 saturated carbocycles. The third kappa shape index (κ3) is 6.99. The van der Waals surface area contributed by atoms with E-state index in [-0.39, 0.29) is 5.78 Å². The van der Waals surface area contributed by atoms with E-state index in [1.165, 1.54) is 17.3 Å². The highest BCUT2D eigenvalue weighted by Crippen LogP contribution is 2.17. The zero-order valence-electron chi connectivity index (χ0n) is 19.5. The van der Waals surface area contributed by atoms with Crippen LogP contribution in [0.15, 0.2) is 91.0 Å². The summed E-state index contributed by atoms with van der Waals surface area (Å²) < 4.78 is 0. The quantitative estimate of drug-likeness (QED) is 0.222. The van der Waals surface area contributed by atoms with Crippen molar-refractivity contribution >= 4 is 29.5 Å². The lowest BCUT2D eigenvalue weighted by molar-refractivity contribution is -0.124. The second-order valence-electron chi connectivity index (χ2n) is 8.47. The van der Waals surface area contributed by atoms with Crippen LogP contribution >= 0.6 is 0 Å². The number of carbonyl (C=O) groups is 2. The molecule has 1 saturated heterocycles. The second kappa shape index (κ2) is 11.9. The zero-order chi connectivity index (χ0) is 24.5. The number of hydrogen-bond acceptors (Lipinski definition) is 5. The first-order chi connectivity index (χ1) is 17.1. The molecule has 0 bridgehead atoms. The number of amides is 1. The Bertz CT molecular complexity index is 1200. The zero-order valence-corrected chi connectivity index (χ0v) is 19.5. The number of benzene rings is 3. The first kappa shape index (κ1) is 24.1. The van der Waals surface area contributed by atoms with Gasteiger partial charge in [0.15, 0.2) is 5.78 Å². The molecule has 1 aliphatic heterocycles. The maximum Gasteiger partial charge on any atom is 0.267 e. The largest absolute Gasteiger partial charge is 0.369 e. The van der Waals surface area contributed by atoms with Crippen LogP contribution in [0.5, 0.6) is 0 Å². The molecule has 0 atom stereocenters. The molecule has 1 heterocycles. The summed E-state index contributed by atoms with van der Waals surface area (Å²) in [6.07, 6.45) is 6.14. The van der Waals surface area contributed by atoms with E-state index < -0.39 is 5.91 Å². The van der Waals surface area contributed by atoms with E-state index in [0.717, 1.165) is 43.9 Å². The topological polar surface area (TPSA) is 72.9 Å². The molecule has 3 aromatic rings. The molecule has 178 valence electrons. The van der Waals surface area contributed by atoms with Gasteiger partial charge in [0, 0.05) is 50.1 Å². The third-order valence-electron chi connectivity index (χ3n) is 6.01. The molecule has 4 rings (SSSR count). The van der Waals surface area contributed by atoms with E-state index in [1.807, 2.05) is 54.6 Å². The number of allylic oxidation sites excluding steroid dienone is 1. The molecule has 0 aliphatic carbocycles. The highest BCUT2D eigenvalue weighted by molar-refractivity contribution is 6.06. The van der Waals surface area contributed by atoms with Crippen LogP contribution in [0, 0.1) is 0 Å². The van der Waals surface area contributed by atoms with Crippen molar-refractivity contribution in [2.45, 2.75) is 6.54 Å². The Labute approximate surface area is 205 Å². The minimum Gasteiger partial charge on any atom is -0.369 e. The lowest BCUT2D eigenvalue weighted by atomic mass is 10.1. The monoisotopic (exact) mass is 467 g/mol. The van der Waals surface area contributed by atoms with E-state index in [9.17, 15) is 9.59 Å². The molecule has 35 heavy (non-hydrogen) atoms. The highest BCUT2D eigenvalue weighted by Gasteiger charge is 2.17. The molecule has 0 spiro atoms. The number of para-hydroxylation sites is 1. The Hall–Kier alpha value is -4.00. The van der Waals surface area contributed by atoms with Crippen LogP contribution in [-0.4, -0.2) is 48.0 Å². The molecule has 1 aliphatic rings. The standard InChI is InChI=1S/C29H29N3O3/c33-28(15-11-23-5-4-6-24(21-23)12-16-29(34)30-35)26-13-9-25(10-14-26)22-31-17-19-32(20-18-31)27-7-2-1-3-8-27/h1-16,21,35H,17-20,22H2,(H,30,34)/b15-11+,16-12+. The molecule has 0 radical (unpaired) electrons. The maximum absolute atomic E-state index is 12.6. The van der Waals surface area contributed by atoms with Gasteiger partial charge in [-0.05, 0) is 47.0 Å². The average Bonchev–Trinajstić information content (AvgIpc) is 2.92. The van der Waals surface area contributed by atoms with Crippen LogP contribution < -0.4 is 10.4 Å². The van der Waals surface area contributed by atoms with Crippen LogP contribution in [0.1, 0.15) is 27.0 Å². The van der Waals surface area contributed by atoms with Crippen molar-refractivity contribution in [2.75, 3.05) is 31.1 Å². The van der Waals surface area contributed by atoms with Crippen molar-refractivity contribution in [1.29, 1.82) is 0 Å². The molecule has 0 unspecified atom stereocenters. The predicted molar refractivity (Wildman–Crippen MR) is 139 cm³/mol. The molecule has 6 heteroatoms. The Morgan fingerprint density at radius 1 is 0.800 bits per heavy atom. The van der Waals surface area contributed by atoms with Gasteiger partial charge in [-0.3, -0.25) is 19.7 Å². The average molecular weight is 468 g/mol. The number of nitrogens with zero attached hydrogens (tertiary/aromatic N) is 2. The van der Waals surface area contributed by atoms with E-state index in [2.05, 4.69) is 34.1 Å². The van der Waals surface area contributed by atoms with Crippen LogP contribution in [0.25, 0.3) is 12.2 Å². The fraction of sp³-hybridized carbons (Fsp3) is 0.172. The number of piperazine rings is 1. The molecule has 1 amide bonds. The summed E-state index contributed by atoms with van der Waals surface area (Å²) in [4.78, 5) is 28.6. The molecule has 6 nitrogen and oxygen atoms in total. The van der Waals surface area contributed by atoms with Gasteiger partial charge >= 0.3 is 0 Å². The lowest BCUT2D eigenvalue weighted by Gasteiger charge is -2.36. The first-order valence-electron chi connectivity index (χ1n) is 11.7. The number of hydrogen-bond donors (Lipinski definition) is 2. The molecular weight excluding hydrogens is 438 g/mol. The van der Waals surface area contributed by atoms with Gasteiger partial charge in [-0.2, -0.15) is 0 Å². The van der Waals surface area contributed by atoms with Crippen LogP contribution in [-0.2, 0) is 11.3 Å². The summed E-state index contributed by atoms with van der Waals surface area (Å²) >= 11 is 0. The summed E-state index contributed by atoms with van der Waals surface area (Å²) in [6, 6.07) is 25.8. The Balaban J connectivity index is 1.29. The van der Waals surface area contributed by atoms with Gasteiger partial charge in [-0.1, -0.05) is 66.7 Å². The summed E-state index contributed by atoms with van der Waals surface area (Å²) in [7, 11) is 0. The van der Waals surface area contributed by atoms with Crippen molar-refractivity contribution in [3.05, 3.63) is 113 Å². The van der Waals surface area contributed by atoms with E-state index in [4.69, 9.17) is 5.21 Å². The third-order valence-corrected chi connectivity index (χ3v) is 6.01. The van der Waals surface area contributed by atoms with Gasteiger partial charge in [0.05, 0.1) is 0 Å². The molecule has 2 N–H and O–H groups in total. The normalized spacial score (nSPS) is 14.5. The Kier molecular flexibility index (Phi) is 8.22. The van der Waals surface area contributed by atoms with E-state index >= 15 is 0 Å². The van der Waals surface area contributed by atoms with Gasteiger partial charge in [-0.25, -0.2) is 5.48 Å². The first-order valence-corrected chi connectivity index (χ1v) is 11.7.